The molecule has 1 aliphatic rings. The number of rotatable bonds is 5. The molecule has 2 atom stereocenters. The molecule has 7 heteroatoms. The molecule has 1 amide bonds. The Hall–Kier alpha value is -2.28. The molecule has 0 bridgehead atoms. The Morgan fingerprint density at radius 1 is 1.36 bits per heavy atom. The van der Waals surface area contributed by atoms with Gasteiger partial charge in [0.25, 0.3) is 0 Å². The number of hydrogen-bond donors (Lipinski definition) is 2. The van der Waals surface area contributed by atoms with Gasteiger partial charge < -0.3 is 5.32 Å². The number of benzene rings is 1. The van der Waals surface area contributed by atoms with Crippen LogP contribution in [0.25, 0.3) is 0 Å². The van der Waals surface area contributed by atoms with Gasteiger partial charge in [-0.2, -0.15) is 5.10 Å². The molecule has 0 unspecified atom stereocenters. The van der Waals surface area contributed by atoms with Gasteiger partial charge in [-0.1, -0.05) is 6.07 Å². The lowest BCUT2D eigenvalue weighted by molar-refractivity contribution is -0.121. The number of hydrogen-bond acceptors (Lipinski definition) is 3. The lowest BCUT2D eigenvalue weighted by Gasteiger charge is -2.32. The molecule has 5 nitrogen and oxygen atoms in total. The third kappa shape index (κ3) is 3.87. The summed E-state index contributed by atoms with van der Waals surface area (Å²) in [6, 6.07) is 5.62. The van der Waals surface area contributed by atoms with E-state index < -0.39 is 11.6 Å². The summed E-state index contributed by atoms with van der Waals surface area (Å²) < 4.78 is 27.0. The first kappa shape index (κ1) is 17.5. The standard InChI is InChI=1S/C18H22F2N4O/c1-11(2)24-8-6-16(22-17(25)10-13-5-7-21-23-13)18(24)12-3-4-14(19)15(20)9-12/h3-5,7,9,11,16,18H,6,8,10H2,1-2H3,(H,21,23)(H,22,25)/t16-,18-/m0/s1. The van der Waals surface area contributed by atoms with E-state index in [-0.39, 0.29) is 30.5 Å². The molecule has 2 N–H and O–H groups in total. The summed E-state index contributed by atoms with van der Waals surface area (Å²) in [5, 5.41) is 9.64. The highest BCUT2D eigenvalue weighted by Crippen LogP contribution is 2.34. The van der Waals surface area contributed by atoms with Crippen molar-refractivity contribution in [3.63, 3.8) is 0 Å². The minimum atomic E-state index is -0.865. The van der Waals surface area contributed by atoms with Crippen molar-refractivity contribution < 1.29 is 13.6 Å². The van der Waals surface area contributed by atoms with Crippen LogP contribution in [0.15, 0.2) is 30.5 Å². The molecule has 1 fully saturated rings. The number of H-pyrrole nitrogens is 1. The molecule has 0 aliphatic carbocycles. The summed E-state index contributed by atoms with van der Waals surface area (Å²) in [7, 11) is 0. The first-order valence-corrected chi connectivity index (χ1v) is 8.44. The molecule has 2 aromatic rings. The van der Waals surface area contributed by atoms with Crippen molar-refractivity contribution in [1.82, 2.24) is 20.4 Å². The normalized spacial score (nSPS) is 21.0. The van der Waals surface area contributed by atoms with Crippen LogP contribution in [0.1, 0.15) is 37.6 Å². The van der Waals surface area contributed by atoms with Crippen LogP contribution in [-0.4, -0.2) is 39.6 Å². The summed E-state index contributed by atoms with van der Waals surface area (Å²) in [4.78, 5) is 14.5. The van der Waals surface area contributed by atoms with E-state index >= 15 is 0 Å². The lowest BCUT2D eigenvalue weighted by atomic mass is 9.98. The van der Waals surface area contributed by atoms with Gasteiger partial charge in [0, 0.05) is 30.5 Å². The Kier molecular flexibility index (Phi) is 5.13. The van der Waals surface area contributed by atoms with Crippen molar-refractivity contribution in [2.24, 2.45) is 0 Å². The van der Waals surface area contributed by atoms with E-state index in [1.807, 2.05) is 0 Å². The third-order valence-corrected chi connectivity index (χ3v) is 4.64. The molecule has 1 aromatic carbocycles. The van der Waals surface area contributed by atoms with Crippen LogP contribution in [0.4, 0.5) is 8.78 Å². The van der Waals surface area contributed by atoms with E-state index in [1.165, 1.54) is 6.07 Å². The van der Waals surface area contributed by atoms with Gasteiger partial charge in [-0.15, -0.1) is 0 Å². The van der Waals surface area contributed by atoms with E-state index in [1.54, 1.807) is 18.3 Å². The molecule has 1 aromatic heterocycles. The summed E-state index contributed by atoms with van der Waals surface area (Å²) in [5.74, 6) is -1.85. The van der Waals surface area contributed by atoms with Gasteiger partial charge in [0.05, 0.1) is 12.5 Å². The van der Waals surface area contributed by atoms with Crippen LogP contribution in [-0.2, 0) is 11.2 Å². The Balaban J connectivity index is 1.79. The molecule has 1 aliphatic heterocycles. The second-order valence-corrected chi connectivity index (χ2v) is 6.67. The quantitative estimate of drug-likeness (QED) is 0.873. The highest BCUT2D eigenvalue weighted by molar-refractivity contribution is 5.78. The zero-order valence-corrected chi connectivity index (χ0v) is 14.3. The van der Waals surface area contributed by atoms with E-state index in [2.05, 4.69) is 34.3 Å². The molecule has 2 heterocycles. The van der Waals surface area contributed by atoms with Crippen LogP contribution >= 0.6 is 0 Å². The number of nitrogens with zero attached hydrogens (tertiary/aromatic N) is 2. The highest BCUT2D eigenvalue weighted by atomic mass is 19.2. The zero-order chi connectivity index (χ0) is 18.0. The average Bonchev–Trinajstić information content (AvgIpc) is 3.20. The number of aromatic nitrogens is 2. The molecule has 25 heavy (non-hydrogen) atoms. The molecular formula is C18H22F2N4O. The number of nitrogens with one attached hydrogen (secondary N) is 2. The molecule has 3 rings (SSSR count). The summed E-state index contributed by atoms with van der Waals surface area (Å²) >= 11 is 0. The maximum atomic E-state index is 13.7. The minimum absolute atomic E-state index is 0.118. The predicted molar refractivity (Wildman–Crippen MR) is 89.8 cm³/mol. The number of likely N-dealkylation sites (tertiary alicyclic amines) is 1. The van der Waals surface area contributed by atoms with Gasteiger partial charge in [0.1, 0.15) is 0 Å². The Labute approximate surface area is 145 Å². The Bertz CT molecular complexity index is 733. The Morgan fingerprint density at radius 3 is 2.80 bits per heavy atom. The molecule has 1 saturated heterocycles. The number of aromatic amines is 1. The van der Waals surface area contributed by atoms with Crippen LogP contribution in [0, 0.1) is 11.6 Å². The molecule has 0 radical (unpaired) electrons. The van der Waals surface area contributed by atoms with Gasteiger partial charge in [-0.25, -0.2) is 8.78 Å². The van der Waals surface area contributed by atoms with Crippen molar-refractivity contribution >= 4 is 5.91 Å². The largest absolute Gasteiger partial charge is 0.351 e. The van der Waals surface area contributed by atoms with Gasteiger partial charge >= 0.3 is 0 Å². The molecular weight excluding hydrogens is 326 g/mol. The van der Waals surface area contributed by atoms with Crippen LogP contribution in [0.2, 0.25) is 0 Å². The van der Waals surface area contributed by atoms with Crippen molar-refractivity contribution in [2.75, 3.05) is 6.54 Å². The average molecular weight is 348 g/mol. The summed E-state index contributed by atoms with van der Waals surface area (Å²) in [6.07, 6.45) is 2.57. The second kappa shape index (κ2) is 7.31. The molecule has 0 spiro atoms. The molecule has 134 valence electrons. The van der Waals surface area contributed by atoms with Gasteiger partial charge in [-0.05, 0) is 44.0 Å². The third-order valence-electron chi connectivity index (χ3n) is 4.64. The highest BCUT2D eigenvalue weighted by Gasteiger charge is 2.37. The van der Waals surface area contributed by atoms with Crippen molar-refractivity contribution in [3.8, 4) is 0 Å². The number of amides is 1. The number of carbonyl (C=O) groups is 1. The Morgan fingerprint density at radius 2 is 2.16 bits per heavy atom. The second-order valence-electron chi connectivity index (χ2n) is 6.67. The molecule has 0 saturated carbocycles. The number of halogens is 2. The van der Waals surface area contributed by atoms with E-state index in [0.29, 0.717) is 5.56 Å². The fourth-order valence-corrected chi connectivity index (χ4v) is 3.48. The van der Waals surface area contributed by atoms with E-state index in [4.69, 9.17) is 0 Å². The topological polar surface area (TPSA) is 61.0 Å². The van der Waals surface area contributed by atoms with E-state index in [9.17, 15) is 13.6 Å². The smallest absolute Gasteiger partial charge is 0.226 e. The fourth-order valence-electron chi connectivity index (χ4n) is 3.48. The minimum Gasteiger partial charge on any atom is -0.351 e. The first-order chi connectivity index (χ1) is 12.0. The van der Waals surface area contributed by atoms with Gasteiger partial charge in [0.2, 0.25) is 5.91 Å². The monoisotopic (exact) mass is 348 g/mol. The summed E-state index contributed by atoms with van der Waals surface area (Å²) in [6.45, 7) is 4.90. The fraction of sp³-hybridized carbons (Fsp3) is 0.444. The van der Waals surface area contributed by atoms with Crippen molar-refractivity contribution in [3.05, 3.63) is 53.4 Å². The van der Waals surface area contributed by atoms with Gasteiger partial charge in [-0.3, -0.25) is 14.8 Å². The lowest BCUT2D eigenvalue weighted by Crippen LogP contribution is -2.42. The van der Waals surface area contributed by atoms with E-state index in [0.717, 1.165) is 24.7 Å². The van der Waals surface area contributed by atoms with Crippen LogP contribution in [0.3, 0.4) is 0 Å². The predicted octanol–water partition coefficient (Wildman–Crippen LogP) is 2.57. The maximum Gasteiger partial charge on any atom is 0.226 e. The van der Waals surface area contributed by atoms with Gasteiger partial charge in [0.15, 0.2) is 11.6 Å². The van der Waals surface area contributed by atoms with Crippen LogP contribution in [0.5, 0.6) is 0 Å². The van der Waals surface area contributed by atoms with Crippen molar-refractivity contribution in [2.45, 2.75) is 44.8 Å². The number of carbonyl (C=O) groups excluding carboxylic acids is 1. The maximum absolute atomic E-state index is 13.7. The first-order valence-electron chi connectivity index (χ1n) is 8.44. The zero-order valence-electron chi connectivity index (χ0n) is 14.3. The van der Waals surface area contributed by atoms with Crippen LogP contribution < -0.4 is 5.32 Å². The SMILES string of the molecule is CC(C)N1CC[C@H](NC(=O)Cc2ccn[nH]2)[C@@H]1c1ccc(F)c(F)c1. The van der Waals surface area contributed by atoms with Crippen molar-refractivity contribution in [1.29, 1.82) is 0 Å². The summed E-state index contributed by atoms with van der Waals surface area (Å²) in [5.41, 5.74) is 1.41.